The van der Waals surface area contributed by atoms with E-state index in [9.17, 15) is 4.79 Å². The van der Waals surface area contributed by atoms with Crippen molar-refractivity contribution in [3.8, 4) is 5.75 Å². The number of benzene rings is 2. The number of nitrogens with one attached hydrogen (secondary N) is 1. The van der Waals surface area contributed by atoms with Crippen molar-refractivity contribution in [1.82, 2.24) is 0 Å². The first-order chi connectivity index (χ1) is 11.0. The molecule has 3 nitrogen and oxygen atoms in total. The fraction of sp³-hybridized carbons (Fsp3) is 0.350. The van der Waals surface area contributed by atoms with Crippen LogP contribution in [0.5, 0.6) is 5.75 Å². The van der Waals surface area contributed by atoms with E-state index < -0.39 is 0 Å². The Morgan fingerprint density at radius 1 is 1.09 bits per heavy atom. The van der Waals surface area contributed by atoms with E-state index in [1.165, 1.54) is 16.7 Å². The van der Waals surface area contributed by atoms with Crippen molar-refractivity contribution >= 4 is 11.6 Å². The molecule has 0 spiro atoms. The highest BCUT2D eigenvalue weighted by Gasteiger charge is 2.11. The summed E-state index contributed by atoms with van der Waals surface area (Å²) in [6, 6.07) is 14.0. The lowest BCUT2D eigenvalue weighted by atomic mass is 9.95. The third kappa shape index (κ3) is 5.44. The lowest BCUT2D eigenvalue weighted by Gasteiger charge is -2.13. The van der Waals surface area contributed by atoms with Gasteiger partial charge in [0.2, 0.25) is 5.91 Å². The van der Waals surface area contributed by atoms with Crippen LogP contribution in [-0.2, 0) is 11.2 Å². The molecule has 2 rings (SSSR count). The quantitative estimate of drug-likeness (QED) is 0.852. The molecule has 1 N–H and O–H groups in total. The number of hydrogen-bond donors (Lipinski definition) is 1. The van der Waals surface area contributed by atoms with E-state index in [-0.39, 0.29) is 5.91 Å². The molecule has 0 saturated carbocycles. The highest BCUT2D eigenvalue weighted by atomic mass is 16.5. The van der Waals surface area contributed by atoms with Crippen LogP contribution in [0.25, 0.3) is 0 Å². The third-order valence-corrected chi connectivity index (χ3v) is 3.77. The van der Waals surface area contributed by atoms with Gasteiger partial charge >= 0.3 is 0 Å². The first kappa shape index (κ1) is 17.1. The van der Waals surface area contributed by atoms with Gasteiger partial charge in [0, 0.05) is 12.1 Å². The predicted molar refractivity (Wildman–Crippen MR) is 95.0 cm³/mol. The molecule has 0 bridgehead atoms. The molecule has 0 aliphatic carbocycles. The number of methoxy groups -OCH3 is 1. The molecule has 1 atom stereocenters. The maximum Gasteiger partial charge on any atom is 0.224 e. The highest BCUT2D eigenvalue weighted by molar-refractivity contribution is 5.90. The zero-order valence-electron chi connectivity index (χ0n) is 14.3. The summed E-state index contributed by atoms with van der Waals surface area (Å²) in [5.41, 5.74) is 4.64. The van der Waals surface area contributed by atoms with Crippen LogP contribution in [-0.4, -0.2) is 13.0 Å². The molecule has 2 aromatic rings. The van der Waals surface area contributed by atoms with Gasteiger partial charge < -0.3 is 10.1 Å². The lowest BCUT2D eigenvalue weighted by Crippen LogP contribution is -2.16. The minimum absolute atomic E-state index is 0.0482. The zero-order chi connectivity index (χ0) is 16.8. The lowest BCUT2D eigenvalue weighted by molar-refractivity contribution is -0.116. The van der Waals surface area contributed by atoms with E-state index in [2.05, 4.69) is 44.3 Å². The second kappa shape index (κ2) is 7.82. The Labute approximate surface area is 138 Å². The molecular formula is C20H25NO2. The second-order valence-electron chi connectivity index (χ2n) is 6.29. The summed E-state index contributed by atoms with van der Waals surface area (Å²) < 4.78 is 5.11. The van der Waals surface area contributed by atoms with E-state index >= 15 is 0 Å². The SMILES string of the molecule is COc1ccc(NC(=O)CC(C)Cc2cc(C)cc(C)c2)cc1. The molecule has 23 heavy (non-hydrogen) atoms. The largest absolute Gasteiger partial charge is 0.497 e. The Morgan fingerprint density at radius 3 is 2.26 bits per heavy atom. The number of carbonyl (C=O) groups is 1. The van der Waals surface area contributed by atoms with Gasteiger partial charge in [0.25, 0.3) is 0 Å². The monoisotopic (exact) mass is 311 g/mol. The number of hydrogen-bond acceptors (Lipinski definition) is 2. The van der Waals surface area contributed by atoms with Crippen molar-refractivity contribution in [3.63, 3.8) is 0 Å². The first-order valence-electron chi connectivity index (χ1n) is 7.97. The van der Waals surface area contributed by atoms with Crippen LogP contribution in [0.4, 0.5) is 5.69 Å². The van der Waals surface area contributed by atoms with Gasteiger partial charge in [-0.05, 0) is 56.0 Å². The van der Waals surface area contributed by atoms with Gasteiger partial charge in [-0.3, -0.25) is 4.79 Å². The molecule has 0 radical (unpaired) electrons. The molecule has 0 aliphatic heterocycles. The number of carbonyl (C=O) groups excluding carboxylic acids is 1. The molecular weight excluding hydrogens is 286 g/mol. The van der Waals surface area contributed by atoms with Crippen LogP contribution in [0.15, 0.2) is 42.5 Å². The van der Waals surface area contributed by atoms with E-state index in [4.69, 9.17) is 4.74 Å². The van der Waals surface area contributed by atoms with Crippen molar-refractivity contribution in [2.45, 2.75) is 33.6 Å². The summed E-state index contributed by atoms with van der Waals surface area (Å²) in [6.45, 7) is 6.33. The first-order valence-corrected chi connectivity index (χ1v) is 7.97. The Kier molecular flexibility index (Phi) is 5.80. The normalized spacial score (nSPS) is 11.8. The molecule has 1 amide bonds. The second-order valence-corrected chi connectivity index (χ2v) is 6.29. The van der Waals surface area contributed by atoms with Crippen LogP contribution in [0.1, 0.15) is 30.0 Å². The topological polar surface area (TPSA) is 38.3 Å². The van der Waals surface area contributed by atoms with Gasteiger partial charge in [0.05, 0.1) is 7.11 Å². The smallest absolute Gasteiger partial charge is 0.224 e. The van der Waals surface area contributed by atoms with Crippen molar-refractivity contribution in [1.29, 1.82) is 0 Å². The molecule has 0 fully saturated rings. The number of anilines is 1. The summed E-state index contributed by atoms with van der Waals surface area (Å²) in [6.07, 6.45) is 1.43. The van der Waals surface area contributed by atoms with Crippen LogP contribution < -0.4 is 10.1 Å². The van der Waals surface area contributed by atoms with Crippen LogP contribution >= 0.6 is 0 Å². The van der Waals surface area contributed by atoms with Crippen molar-refractivity contribution < 1.29 is 9.53 Å². The standard InChI is InChI=1S/C20H25NO2/c1-14-9-15(2)11-17(10-14)12-16(3)13-20(22)21-18-5-7-19(23-4)8-6-18/h5-11,16H,12-13H2,1-4H3,(H,21,22). The van der Waals surface area contributed by atoms with Gasteiger partial charge in [-0.25, -0.2) is 0 Å². The van der Waals surface area contributed by atoms with E-state index in [1.807, 2.05) is 24.3 Å². The van der Waals surface area contributed by atoms with Crippen LogP contribution in [0.3, 0.4) is 0 Å². The van der Waals surface area contributed by atoms with Crippen molar-refractivity contribution in [2.24, 2.45) is 5.92 Å². The molecule has 0 aromatic heterocycles. The van der Waals surface area contributed by atoms with E-state index in [0.29, 0.717) is 12.3 Å². The molecule has 122 valence electrons. The number of amides is 1. The maximum atomic E-state index is 12.2. The Hall–Kier alpha value is -2.29. The summed E-state index contributed by atoms with van der Waals surface area (Å²) in [7, 11) is 1.63. The average Bonchev–Trinajstić information content (AvgIpc) is 2.46. The van der Waals surface area contributed by atoms with Gasteiger partial charge in [-0.2, -0.15) is 0 Å². The number of aryl methyl sites for hydroxylation is 2. The summed E-state index contributed by atoms with van der Waals surface area (Å²) >= 11 is 0. The van der Waals surface area contributed by atoms with E-state index in [1.54, 1.807) is 7.11 Å². The molecule has 0 saturated heterocycles. The third-order valence-electron chi connectivity index (χ3n) is 3.77. The minimum atomic E-state index is 0.0482. The Morgan fingerprint density at radius 2 is 1.70 bits per heavy atom. The molecule has 1 unspecified atom stereocenters. The fourth-order valence-electron chi connectivity index (χ4n) is 2.86. The van der Waals surface area contributed by atoms with Crippen molar-refractivity contribution in [2.75, 3.05) is 12.4 Å². The van der Waals surface area contributed by atoms with E-state index in [0.717, 1.165) is 17.9 Å². The maximum absolute atomic E-state index is 12.2. The zero-order valence-corrected chi connectivity index (χ0v) is 14.3. The highest BCUT2D eigenvalue weighted by Crippen LogP contribution is 2.18. The predicted octanol–water partition coefficient (Wildman–Crippen LogP) is 4.52. The van der Waals surface area contributed by atoms with Crippen LogP contribution in [0.2, 0.25) is 0 Å². The average molecular weight is 311 g/mol. The van der Waals surface area contributed by atoms with Gasteiger partial charge in [-0.15, -0.1) is 0 Å². The number of ether oxygens (including phenoxy) is 1. The molecule has 2 aromatic carbocycles. The molecule has 0 heterocycles. The Bertz CT molecular complexity index is 642. The minimum Gasteiger partial charge on any atom is -0.497 e. The summed E-state index contributed by atoms with van der Waals surface area (Å²) in [5, 5.41) is 2.94. The summed E-state index contributed by atoms with van der Waals surface area (Å²) in [4.78, 5) is 12.2. The van der Waals surface area contributed by atoms with Gasteiger partial charge in [0.1, 0.15) is 5.75 Å². The van der Waals surface area contributed by atoms with Crippen molar-refractivity contribution in [3.05, 3.63) is 59.2 Å². The Balaban J connectivity index is 1.88. The van der Waals surface area contributed by atoms with Gasteiger partial charge in [0.15, 0.2) is 0 Å². The molecule has 3 heteroatoms. The fourth-order valence-corrected chi connectivity index (χ4v) is 2.86. The number of rotatable bonds is 6. The summed E-state index contributed by atoms with van der Waals surface area (Å²) in [5.74, 6) is 1.13. The molecule has 0 aliphatic rings. The van der Waals surface area contributed by atoms with Crippen LogP contribution in [0, 0.1) is 19.8 Å². The van der Waals surface area contributed by atoms with Gasteiger partial charge in [-0.1, -0.05) is 36.2 Å².